The van der Waals surface area contributed by atoms with Gasteiger partial charge >= 0.3 is 0 Å². The van der Waals surface area contributed by atoms with Crippen molar-refractivity contribution in [2.45, 2.75) is 19.8 Å². The topological polar surface area (TPSA) is 47.6 Å². The summed E-state index contributed by atoms with van der Waals surface area (Å²) in [6, 6.07) is 7.88. The molecule has 0 saturated heterocycles. The molecule has 0 aliphatic heterocycles. The van der Waals surface area contributed by atoms with Gasteiger partial charge in [-0.1, -0.05) is 19.1 Å². The summed E-state index contributed by atoms with van der Waals surface area (Å²) in [5, 5.41) is 0. The third-order valence-corrected chi connectivity index (χ3v) is 2.08. The van der Waals surface area contributed by atoms with Crippen molar-refractivity contribution in [3.8, 4) is 5.75 Å². The van der Waals surface area contributed by atoms with Crippen LogP contribution in [0.25, 0.3) is 0 Å². The van der Waals surface area contributed by atoms with E-state index in [2.05, 4.69) is 11.9 Å². The Bertz CT molecular complexity index is 317. The number of nitrogens with zero attached hydrogens (tertiary/aromatic N) is 1. The average Bonchev–Trinajstić information content (AvgIpc) is 2.27. The van der Waals surface area contributed by atoms with Crippen LogP contribution >= 0.6 is 0 Å². The zero-order valence-corrected chi connectivity index (χ0v) is 9.36. The monoisotopic (exact) mass is 206 g/mol. The summed E-state index contributed by atoms with van der Waals surface area (Å²) >= 11 is 0. The maximum atomic E-state index is 5.78. The van der Waals surface area contributed by atoms with Crippen LogP contribution < -0.4 is 10.5 Å². The number of benzene rings is 1. The van der Waals surface area contributed by atoms with Gasteiger partial charge < -0.3 is 10.5 Å². The Labute approximate surface area is 91.0 Å². The van der Waals surface area contributed by atoms with Gasteiger partial charge in [0.05, 0.1) is 12.9 Å². The first-order valence-electron chi connectivity index (χ1n) is 5.18. The van der Waals surface area contributed by atoms with Crippen molar-refractivity contribution in [3.63, 3.8) is 0 Å². The van der Waals surface area contributed by atoms with Crippen LogP contribution in [0.4, 0.5) is 0 Å². The molecule has 0 heterocycles. The molecule has 15 heavy (non-hydrogen) atoms. The summed E-state index contributed by atoms with van der Waals surface area (Å²) in [7, 11) is 1.66. The van der Waals surface area contributed by atoms with Crippen LogP contribution in [-0.2, 0) is 6.42 Å². The molecule has 0 aliphatic rings. The molecule has 0 aromatic heterocycles. The minimum Gasteiger partial charge on any atom is -0.497 e. The maximum Gasteiger partial charge on any atom is 0.118 e. The first-order chi connectivity index (χ1) is 7.26. The molecule has 2 N–H and O–H groups in total. The second-order valence-electron chi connectivity index (χ2n) is 3.40. The van der Waals surface area contributed by atoms with Crippen LogP contribution in [0.2, 0.25) is 0 Å². The minimum atomic E-state index is 0.696. The summed E-state index contributed by atoms with van der Waals surface area (Å²) in [6.07, 6.45) is 1.74. The third-order valence-electron chi connectivity index (χ3n) is 2.08. The number of aliphatic imine (C=N–C) groups is 1. The fourth-order valence-corrected chi connectivity index (χ4v) is 1.26. The summed E-state index contributed by atoms with van der Waals surface area (Å²) < 4.78 is 5.08. The van der Waals surface area contributed by atoms with Crippen LogP contribution in [0.15, 0.2) is 29.3 Å². The molecule has 82 valence electrons. The molecule has 0 atom stereocenters. The Morgan fingerprint density at radius 2 is 2.00 bits per heavy atom. The van der Waals surface area contributed by atoms with Crippen LogP contribution in [0, 0.1) is 0 Å². The second kappa shape index (κ2) is 6.06. The van der Waals surface area contributed by atoms with E-state index < -0.39 is 0 Å². The van der Waals surface area contributed by atoms with E-state index in [0.717, 1.165) is 24.3 Å². The second-order valence-corrected chi connectivity index (χ2v) is 3.40. The van der Waals surface area contributed by atoms with Crippen LogP contribution in [0.5, 0.6) is 5.75 Å². The molecule has 0 radical (unpaired) electrons. The SMILES string of the molecule is CCCN=C(N)Cc1ccc(OC)cc1. The molecule has 3 heteroatoms. The Morgan fingerprint density at radius 3 is 2.53 bits per heavy atom. The Balaban J connectivity index is 2.57. The number of rotatable bonds is 5. The minimum absolute atomic E-state index is 0.696. The molecule has 0 bridgehead atoms. The largest absolute Gasteiger partial charge is 0.497 e. The Hall–Kier alpha value is -1.51. The average molecular weight is 206 g/mol. The Kier molecular flexibility index (Phi) is 4.68. The van der Waals surface area contributed by atoms with E-state index in [4.69, 9.17) is 10.5 Å². The summed E-state index contributed by atoms with van der Waals surface area (Å²) in [6.45, 7) is 2.89. The van der Waals surface area contributed by atoms with Gasteiger partial charge in [-0.3, -0.25) is 4.99 Å². The van der Waals surface area contributed by atoms with Gasteiger partial charge in [0.2, 0.25) is 0 Å². The van der Waals surface area contributed by atoms with Gasteiger partial charge in [-0.25, -0.2) is 0 Å². The lowest BCUT2D eigenvalue weighted by Crippen LogP contribution is -2.15. The molecule has 1 aromatic carbocycles. The summed E-state index contributed by atoms with van der Waals surface area (Å²) in [4.78, 5) is 4.24. The van der Waals surface area contributed by atoms with Gasteiger partial charge in [-0.2, -0.15) is 0 Å². The van der Waals surface area contributed by atoms with Crippen molar-refractivity contribution in [2.75, 3.05) is 13.7 Å². The fraction of sp³-hybridized carbons (Fsp3) is 0.417. The van der Waals surface area contributed by atoms with Crippen molar-refractivity contribution >= 4 is 5.84 Å². The molecule has 0 amide bonds. The van der Waals surface area contributed by atoms with Crippen LogP contribution in [0.3, 0.4) is 0 Å². The fourth-order valence-electron chi connectivity index (χ4n) is 1.26. The van der Waals surface area contributed by atoms with Crippen molar-refractivity contribution in [1.29, 1.82) is 0 Å². The number of nitrogens with two attached hydrogens (primary N) is 1. The van der Waals surface area contributed by atoms with Gasteiger partial charge in [0.1, 0.15) is 5.75 Å². The quantitative estimate of drug-likeness (QED) is 0.591. The molecule has 0 aliphatic carbocycles. The number of methoxy groups -OCH3 is 1. The van der Waals surface area contributed by atoms with Gasteiger partial charge in [-0.15, -0.1) is 0 Å². The van der Waals surface area contributed by atoms with Gasteiger partial charge in [0.15, 0.2) is 0 Å². The lowest BCUT2D eigenvalue weighted by molar-refractivity contribution is 0.414. The van der Waals surface area contributed by atoms with Crippen LogP contribution in [0.1, 0.15) is 18.9 Å². The molecular formula is C12H18N2O. The van der Waals surface area contributed by atoms with Gasteiger partial charge in [-0.05, 0) is 24.1 Å². The lowest BCUT2D eigenvalue weighted by atomic mass is 10.1. The highest BCUT2D eigenvalue weighted by Crippen LogP contribution is 2.11. The van der Waals surface area contributed by atoms with E-state index in [1.165, 1.54) is 0 Å². The molecular weight excluding hydrogens is 188 g/mol. The highest BCUT2D eigenvalue weighted by molar-refractivity contribution is 5.82. The predicted octanol–water partition coefficient (Wildman–Crippen LogP) is 2.00. The molecule has 1 aromatic rings. The first-order valence-corrected chi connectivity index (χ1v) is 5.18. The highest BCUT2D eigenvalue weighted by Gasteiger charge is 1.97. The number of hydrogen-bond acceptors (Lipinski definition) is 2. The molecule has 1 rings (SSSR count). The van der Waals surface area contributed by atoms with Gasteiger partial charge in [0, 0.05) is 13.0 Å². The van der Waals surface area contributed by atoms with Gasteiger partial charge in [0.25, 0.3) is 0 Å². The lowest BCUT2D eigenvalue weighted by Gasteiger charge is -2.03. The molecule has 0 spiro atoms. The number of ether oxygens (including phenoxy) is 1. The smallest absolute Gasteiger partial charge is 0.118 e. The standard InChI is InChI=1S/C12H18N2O/c1-3-8-14-12(13)9-10-4-6-11(15-2)7-5-10/h4-7H,3,8-9H2,1-2H3,(H2,13,14). The first kappa shape index (κ1) is 11.6. The summed E-state index contributed by atoms with van der Waals surface area (Å²) in [5.74, 6) is 1.56. The van der Waals surface area contributed by atoms with Crippen molar-refractivity contribution in [2.24, 2.45) is 10.7 Å². The van der Waals surface area contributed by atoms with Crippen LogP contribution in [-0.4, -0.2) is 19.5 Å². The zero-order chi connectivity index (χ0) is 11.1. The third kappa shape index (κ3) is 4.02. The van der Waals surface area contributed by atoms with E-state index >= 15 is 0 Å². The van der Waals surface area contributed by atoms with E-state index in [-0.39, 0.29) is 0 Å². The molecule has 0 fully saturated rings. The highest BCUT2D eigenvalue weighted by atomic mass is 16.5. The molecule has 3 nitrogen and oxygen atoms in total. The van der Waals surface area contributed by atoms with E-state index in [9.17, 15) is 0 Å². The number of hydrogen-bond donors (Lipinski definition) is 1. The predicted molar refractivity (Wildman–Crippen MR) is 63.5 cm³/mol. The van der Waals surface area contributed by atoms with E-state index in [0.29, 0.717) is 12.3 Å². The summed E-state index contributed by atoms with van der Waals surface area (Å²) in [5.41, 5.74) is 6.94. The van der Waals surface area contributed by atoms with E-state index in [1.54, 1.807) is 7.11 Å². The van der Waals surface area contributed by atoms with Crippen molar-refractivity contribution < 1.29 is 4.74 Å². The Morgan fingerprint density at radius 1 is 1.33 bits per heavy atom. The van der Waals surface area contributed by atoms with Crippen molar-refractivity contribution in [1.82, 2.24) is 0 Å². The zero-order valence-electron chi connectivity index (χ0n) is 9.36. The normalized spacial score (nSPS) is 11.5. The number of amidine groups is 1. The molecule has 0 unspecified atom stereocenters. The van der Waals surface area contributed by atoms with Crippen molar-refractivity contribution in [3.05, 3.63) is 29.8 Å². The molecule has 0 saturated carbocycles. The van der Waals surface area contributed by atoms with E-state index in [1.807, 2.05) is 24.3 Å². The maximum absolute atomic E-state index is 5.78.